The minimum Gasteiger partial charge on any atom is -0.370 e. The van der Waals surface area contributed by atoms with Crippen LogP contribution in [0.3, 0.4) is 0 Å². The topological polar surface area (TPSA) is 26.3 Å². The van der Waals surface area contributed by atoms with Gasteiger partial charge in [-0.1, -0.05) is 26.0 Å². The zero-order valence-electron chi connectivity index (χ0n) is 15.9. The molecule has 0 amide bonds. The van der Waals surface area contributed by atoms with Crippen LogP contribution in [0, 0.1) is 35.0 Å². The number of ketones is 1. The SMILES string of the molecule is C=C1CCO[C@@]12CC[C@H]1[C@@H]3C[C@H](C)C4=CC(=O)CC[C@@H]4[C@H]3CC[C@@]12C. The van der Waals surface area contributed by atoms with Crippen molar-refractivity contribution < 1.29 is 9.53 Å². The second-order valence-electron chi connectivity index (χ2n) is 9.85. The van der Waals surface area contributed by atoms with Gasteiger partial charge in [0.2, 0.25) is 0 Å². The van der Waals surface area contributed by atoms with Crippen molar-refractivity contribution in [3.63, 3.8) is 0 Å². The fraction of sp³-hybridized carbons (Fsp3) is 0.783. The van der Waals surface area contributed by atoms with E-state index in [1.807, 2.05) is 6.08 Å². The minimum absolute atomic E-state index is 0.0233. The predicted octanol–water partition coefficient (Wildman–Crippen LogP) is 5.09. The molecular weight excluding hydrogens is 308 g/mol. The molecular formula is C23H32O2. The molecule has 2 heteroatoms. The van der Waals surface area contributed by atoms with Crippen molar-refractivity contribution in [2.45, 2.75) is 70.8 Å². The highest BCUT2D eigenvalue weighted by Gasteiger charge is 2.65. The van der Waals surface area contributed by atoms with Gasteiger partial charge in [-0.05, 0) is 86.2 Å². The van der Waals surface area contributed by atoms with Crippen LogP contribution < -0.4 is 0 Å². The first-order chi connectivity index (χ1) is 12.0. The van der Waals surface area contributed by atoms with Crippen molar-refractivity contribution in [3.8, 4) is 0 Å². The Morgan fingerprint density at radius 1 is 1.16 bits per heavy atom. The van der Waals surface area contributed by atoms with Gasteiger partial charge in [0.1, 0.15) is 0 Å². The summed E-state index contributed by atoms with van der Waals surface area (Å²) in [6, 6.07) is 0. The molecule has 1 spiro atoms. The largest absolute Gasteiger partial charge is 0.370 e. The van der Waals surface area contributed by atoms with Gasteiger partial charge in [-0.25, -0.2) is 0 Å². The standard InChI is InChI=1S/C23H32O2/c1-14-12-20-18(17-5-4-16(24)13-19(14)17)6-9-22(3)21(20)7-10-23(22)15(2)8-11-25-23/h13-14,17-18,20-21H,2,4-12H2,1,3H3/t14-,17+,18+,20+,21-,22-,23-/m0/s1. The summed E-state index contributed by atoms with van der Waals surface area (Å²) in [6.07, 6.45) is 11.4. The van der Waals surface area contributed by atoms with E-state index in [0.29, 0.717) is 17.6 Å². The highest BCUT2D eigenvalue weighted by atomic mass is 16.5. The lowest BCUT2D eigenvalue weighted by atomic mass is 9.49. The third-order valence-electron chi connectivity index (χ3n) is 9.10. The lowest BCUT2D eigenvalue weighted by Gasteiger charge is -2.57. The van der Waals surface area contributed by atoms with Crippen molar-refractivity contribution in [1.29, 1.82) is 0 Å². The number of hydrogen-bond donors (Lipinski definition) is 0. The highest BCUT2D eigenvalue weighted by molar-refractivity contribution is 5.91. The zero-order chi connectivity index (χ0) is 17.4. The van der Waals surface area contributed by atoms with Gasteiger partial charge < -0.3 is 4.74 Å². The Bertz CT molecular complexity index is 661. The molecule has 0 aromatic carbocycles. The molecule has 0 aromatic rings. The monoisotopic (exact) mass is 340 g/mol. The first-order valence-electron chi connectivity index (χ1n) is 10.5. The summed E-state index contributed by atoms with van der Waals surface area (Å²) in [5.74, 6) is 4.04. The first kappa shape index (κ1) is 16.3. The predicted molar refractivity (Wildman–Crippen MR) is 99.1 cm³/mol. The Labute approximate surface area is 152 Å². The molecule has 5 rings (SSSR count). The summed E-state index contributed by atoms with van der Waals surface area (Å²) in [7, 11) is 0. The Morgan fingerprint density at radius 3 is 2.76 bits per heavy atom. The maximum Gasteiger partial charge on any atom is 0.155 e. The van der Waals surface area contributed by atoms with E-state index < -0.39 is 0 Å². The molecule has 0 radical (unpaired) electrons. The van der Waals surface area contributed by atoms with Gasteiger partial charge in [0.05, 0.1) is 12.2 Å². The number of rotatable bonds is 0. The first-order valence-corrected chi connectivity index (χ1v) is 10.5. The van der Waals surface area contributed by atoms with Crippen LogP contribution in [0.1, 0.15) is 65.2 Å². The number of ether oxygens (including phenoxy) is 1. The van der Waals surface area contributed by atoms with E-state index in [-0.39, 0.29) is 11.0 Å². The summed E-state index contributed by atoms with van der Waals surface area (Å²) in [4.78, 5) is 12.0. The van der Waals surface area contributed by atoms with Gasteiger partial charge in [0.15, 0.2) is 5.78 Å². The van der Waals surface area contributed by atoms with Crippen LogP contribution in [0.2, 0.25) is 0 Å². The highest BCUT2D eigenvalue weighted by Crippen LogP contribution is 2.68. The van der Waals surface area contributed by atoms with Crippen LogP contribution in [0.5, 0.6) is 0 Å². The maximum atomic E-state index is 12.0. The van der Waals surface area contributed by atoms with Crippen LogP contribution in [0.25, 0.3) is 0 Å². The molecule has 1 saturated heterocycles. The Kier molecular flexibility index (Phi) is 3.46. The summed E-state index contributed by atoms with van der Waals surface area (Å²) in [6.45, 7) is 10.2. The van der Waals surface area contributed by atoms with Crippen LogP contribution in [0.15, 0.2) is 23.8 Å². The fourth-order valence-electron chi connectivity index (χ4n) is 7.97. The van der Waals surface area contributed by atoms with Crippen LogP contribution >= 0.6 is 0 Å². The minimum atomic E-state index is -0.0233. The fourth-order valence-corrected chi connectivity index (χ4v) is 7.97. The molecule has 3 saturated carbocycles. The van der Waals surface area contributed by atoms with E-state index in [2.05, 4.69) is 20.4 Å². The van der Waals surface area contributed by atoms with Gasteiger partial charge >= 0.3 is 0 Å². The van der Waals surface area contributed by atoms with Crippen molar-refractivity contribution in [2.24, 2.45) is 35.0 Å². The van der Waals surface area contributed by atoms with Crippen LogP contribution in [-0.4, -0.2) is 18.0 Å². The van der Waals surface area contributed by atoms with Crippen molar-refractivity contribution in [2.75, 3.05) is 6.61 Å². The third-order valence-corrected chi connectivity index (χ3v) is 9.10. The van der Waals surface area contributed by atoms with Crippen molar-refractivity contribution >= 4 is 5.78 Å². The molecule has 25 heavy (non-hydrogen) atoms. The van der Waals surface area contributed by atoms with Gasteiger partial charge in [-0.15, -0.1) is 0 Å². The normalized spacial score (nSPS) is 51.9. The average Bonchev–Trinajstić information content (AvgIpc) is 3.10. The molecule has 2 nitrogen and oxygen atoms in total. The molecule has 4 aliphatic carbocycles. The lowest BCUT2D eigenvalue weighted by Crippen LogP contribution is -2.53. The molecule has 0 aromatic heterocycles. The molecule has 4 fully saturated rings. The second-order valence-corrected chi connectivity index (χ2v) is 9.85. The van der Waals surface area contributed by atoms with E-state index in [9.17, 15) is 4.79 Å². The molecule has 0 N–H and O–H groups in total. The Hall–Kier alpha value is -0.890. The Morgan fingerprint density at radius 2 is 2.00 bits per heavy atom. The van der Waals surface area contributed by atoms with Crippen molar-refractivity contribution in [3.05, 3.63) is 23.8 Å². The van der Waals surface area contributed by atoms with Gasteiger partial charge in [0, 0.05) is 11.8 Å². The summed E-state index contributed by atoms with van der Waals surface area (Å²) >= 11 is 0. The molecule has 0 unspecified atom stereocenters. The third kappa shape index (κ3) is 1.98. The van der Waals surface area contributed by atoms with E-state index >= 15 is 0 Å². The molecule has 1 aliphatic heterocycles. The smallest absolute Gasteiger partial charge is 0.155 e. The number of carbonyl (C=O) groups is 1. The summed E-state index contributed by atoms with van der Waals surface area (Å²) in [5.41, 5.74) is 3.14. The van der Waals surface area contributed by atoms with Gasteiger partial charge in [0.25, 0.3) is 0 Å². The number of carbonyl (C=O) groups excluding carboxylic acids is 1. The van der Waals surface area contributed by atoms with Gasteiger partial charge in [-0.3, -0.25) is 4.79 Å². The molecule has 1 heterocycles. The summed E-state index contributed by atoms with van der Waals surface area (Å²) in [5, 5.41) is 0. The van der Waals surface area contributed by atoms with E-state index in [1.165, 1.54) is 43.3 Å². The zero-order valence-corrected chi connectivity index (χ0v) is 15.9. The second kappa shape index (κ2) is 5.31. The maximum absolute atomic E-state index is 12.0. The summed E-state index contributed by atoms with van der Waals surface area (Å²) < 4.78 is 6.46. The molecule has 7 atom stereocenters. The van der Waals surface area contributed by atoms with Gasteiger partial charge in [-0.2, -0.15) is 0 Å². The van der Waals surface area contributed by atoms with Crippen molar-refractivity contribution in [1.82, 2.24) is 0 Å². The van der Waals surface area contributed by atoms with Crippen LogP contribution in [-0.2, 0) is 9.53 Å². The average molecular weight is 341 g/mol. The van der Waals surface area contributed by atoms with E-state index in [0.717, 1.165) is 43.6 Å². The number of hydrogen-bond acceptors (Lipinski definition) is 2. The Balaban J connectivity index is 1.50. The number of allylic oxidation sites excluding steroid dienone is 1. The van der Waals surface area contributed by atoms with E-state index in [1.54, 1.807) is 0 Å². The van der Waals surface area contributed by atoms with E-state index in [4.69, 9.17) is 4.74 Å². The molecule has 0 bridgehead atoms. The quantitative estimate of drug-likeness (QED) is 0.574. The molecule has 5 aliphatic rings. The van der Waals surface area contributed by atoms with Crippen LogP contribution in [0.4, 0.5) is 0 Å². The number of fused-ring (bicyclic) bond motifs is 6. The lowest BCUT2D eigenvalue weighted by molar-refractivity contribution is -0.120. The molecule has 136 valence electrons.